The first-order chi connectivity index (χ1) is 9.05. The van der Waals surface area contributed by atoms with Gasteiger partial charge in [-0.15, -0.1) is 0 Å². The Morgan fingerprint density at radius 3 is 2.26 bits per heavy atom. The highest BCUT2D eigenvalue weighted by Crippen LogP contribution is 2.39. The summed E-state index contributed by atoms with van der Waals surface area (Å²) in [6.07, 6.45) is 10.9. The fourth-order valence-corrected chi connectivity index (χ4v) is 3.83. The van der Waals surface area contributed by atoms with Gasteiger partial charge in [-0.3, -0.25) is 0 Å². The molecule has 1 rings (SSSR count). The molecule has 0 unspecified atom stereocenters. The van der Waals surface area contributed by atoms with Gasteiger partial charge >= 0.3 is 0 Å². The summed E-state index contributed by atoms with van der Waals surface area (Å²) in [5.41, 5.74) is 6.76. The van der Waals surface area contributed by atoms with Crippen molar-refractivity contribution >= 4 is 0 Å². The number of nitrogens with two attached hydrogens (primary N) is 1. The van der Waals surface area contributed by atoms with Crippen molar-refractivity contribution < 1.29 is 5.11 Å². The van der Waals surface area contributed by atoms with Crippen LogP contribution in [0.15, 0.2) is 0 Å². The quantitative estimate of drug-likeness (QED) is 0.696. The largest absolute Gasteiger partial charge is 0.396 e. The van der Waals surface area contributed by atoms with Crippen LogP contribution in [-0.2, 0) is 0 Å². The lowest BCUT2D eigenvalue weighted by molar-refractivity contribution is 0.111. The van der Waals surface area contributed by atoms with Crippen molar-refractivity contribution in [2.45, 2.75) is 84.1 Å². The first-order valence-corrected chi connectivity index (χ1v) is 8.45. The van der Waals surface area contributed by atoms with Crippen molar-refractivity contribution in [2.24, 2.45) is 23.5 Å². The molecule has 0 aromatic carbocycles. The number of rotatable bonds is 8. The lowest BCUT2D eigenvalue weighted by atomic mass is 9.68. The Kier molecular flexibility index (Phi) is 7.38. The fraction of sp³-hybridized carbons (Fsp3) is 1.00. The van der Waals surface area contributed by atoms with E-state index in [2.05, 4.69) is 20.8 Å². The van der Waals surface area contributed by atoms with Gasteiger partial charge in [-0.05, 0) is 49.9 Å². The van der Waals surface area contributed by atoms with Gasteiger partial charge < -0.3 is 10.8 Å². The molecule has 0 amide bonds. The maximum absolute atomic E-state index is 9.25. The monoisotopic (exact) mass is 269 g/mol. The van der Waals surface area contributed by atoms with Crippen molar-refractivity contribution in [1.29, 1.82) is 0 Å². The Balaban J connectivity index is 2.45. The van der Waals surface area contributed by atoms with E-state index >= 15 is 0 Å². The summed E-state index contributed by atoms with van der Waals surface area (Å²) < 4.78 is 0. The van der Waals surface area contributed by atoms with Crippen molar-refractivity contribution in [3.05, 3.63) is 0 Å². The van der Waals surface area contributed by atoms with Gasteiger partial charge in [0.15, 0.2) is 0 Å². The summed E-state index contributed by atoms with van der Waals surface area (Å²) in [4.78, 5) is 0. The number of aliphatic hydroxyl groups excluding tert-OH is 1. The van der Waals surface area contributed by atoms with Crippen LogP contribution < -0.4 is 5.73 Å². The van der Waals surface area contributed by atoms with E-state index < -0.39 is 0 Å². The van der Waals surface area contributed by atoms with Gasteiger partial charge in [-0.2, -0.15) is 0 Å². The highest BCUT2D eigenvalue weighted by Gasteiger charge is 2.37. The summed E-state index contributed by atoms with van der Waals surface area (Å²) in [5.74, 6) is 2.02. The van der Waals surface area contributed by atoms with E-state index in [1.807, 2.05) is 0 Å². The van der Waals surface area contributed by atoms with E-state index in [4.69, 9.17) is 5.73 Å². The van der Waals surface area contributed by atoms with E-state index in [1.165, 1.54) is 32.1 Å². The highest BCUT2D eigenvalue weighted by molar-refractivity contribution is 4.94. The maximum atomic E-state index is 9.25. The maximum Gasteiger partial charge on any atom is 0.0459 e. The molecule has 0 bridgehead atoms. The van der Waals surface area contributed by atoms with E-state index in [-0.39, 0.29) is 5.54 Å². The average molecular weight is 269 g/mol. The molecular formula is C17H35NO. The molecule has 2 nitrogen and oxygen atoms in total. The minimum atomic E-state index is 0.0480. The first kappa shape index (κ1) is 17.0. The number of aliphatic hydroxyl groups is 1. The Bertz CT molecular complexity index is 233. The Labute approximate surface area is 120 Å². The van der Waals surface area contributed by atoms with E-state index in [0.717, 1.165) is 31.6 Å². The molecule has 114 valence electrons. The molecule has 1 aliphatic carbocycles. The molecule has 0 aliphatic heterocycles. The van der Waals surface area contributed by atoms with Gasteiger partial charge in [0, 0.05) is 12.1 Å². The minimum absolute atomic E-state index is 0.0480. The zero-order valence-electron chi connectivity index (χ0n) is 13.3. The summed E-state index contributed by atoms with van der Waals surface area (Å²) in [5, 5.41) is 9.25. The zero-order chi connectivity index (χ0) is 14.3. The predicted molar refractivity (Wildman–Crippen MR) is 83.0 cm³/mol. The smallest absolute Gasteiger partial charge is 0.0459 e. The van der Waals surface area contributed by atoms with Crippen molar-refractivity contribution in [3.8, 4) is 0 Å². The molecule has 3 N–H and O–H groups in total. The first-order valence-electron chi connectivity index (χ1n) is 8.45. The minimum Gasteiger partial charge on any atom is -0.396 e. The molecule has 0 spiro atoms. The number of hydrogen-bond donors (Lipinski definition) is 2. The van der Waals surface area contributed by atoms with Crippen LogP contribution >= 0.6 is 0 Å². The molecular weight excluding hydrogens is 234 g/mol. The molecule has 1 saturated carbocycles. The second-order valence-electron chi connectivity index (χ2n) is 6.94. The van der Waals surface area contributed by atoms with Crippen LogP contribution in [0.5, 0.6) is 0 Å². The van der Waals surface area contributed by atoms with Gasteiger partial charge in [-0.1, -0.05) is 46.5 Å². The summed E-state index contributed by atoms with van der Waals surface area (Å²) >= 11 is 0. The predicted octanol–water partition coefficient (Wildman–Crippen LogP) is 4.11. The highest BCUT2D eigenvalue weighted by atomic mass is 16.3. The van der Waals surface area contributed by atoms with Crippen LogP contribution in [0.1, 0.15) is 78.6 Å². The van der Waals surface area contributed by atoms with Gasteiger partial charge in [-0.25, -0.2) is 0 Å². The standard InChI is InChI=1S/C17H35NO/c1-4-6-14(3)7-8-16(5-2)17(18)11-9-15(13-19)10-12-17/h14-16,19H,4-13,18H2,1-3H3/t14-,15-,16+,17+/m1/s1. The Morgan fingerprint density at radius 2 is 1.79 bits per heavy atom. The van der Waals surface area contributed by atoms with Gasteiger partial charge in [0.25, 0.3) is 0 Å². The van der Waals surface area contributed by atoms with Crippen LogP contribution in [0.2, 0.25) is 0 Å². The summed E-state index contributed by atoms with van der Waals surface area (Å²) in [7, 11) is 0. The van der Waals surface area contributed by atoms with E-state index in [9.17, 15) is 5.11 Å². The average Bonchev–Trinajstić information content (AvgIpc) is 2.40. The van der Waals surface area contributed by atoms with Crippen LogP contribution in [0.25, 0.3) is 0 Å². The third-order valence-corrected chi connectivity index (χ3v) is 5.39. The molecule has 0 aromatic heterocycles. The molecule has 2 atom stereocenters. The van der Waals surface area contributed by atoms with Gasteiger partial charge in [0.2, 0.25) is 0 Å². The van der Waals surface area contributed by atoms with Gasteiger partial charge in [0.05, 0.1) is 0 Å². The summed E-state index contributed by atoms with van der Waals surface area (Å²) in [6, 6.07) is 0. The summed E-state index contributed by atoms with van der Waals surface area (Å²) in [6.45, 7) is 7.29. The van der Waals surface area contributed by atoms with Crippen LogP contribution in [0.3, 0.4) is 0 Å². The topological polar surface area (TPSA) is 46.2 Å². The second-order valence-corrected chi connectivity index (χ2v) is 6.94. The zero-order valence-corrected chi connectivity index (χ0v) is 13.3. The third-order valence-electron chi connectivity index (χ3n) is 5.39. The van der Waals surface area contributed by atoms with Crippen LogP contribution in [0.4, 0.5) is 0 Å². The molecule has 1 fully saturated rings. The Morgan fingerprint density at radius 1 is 1.16 bits per heavy atom. The second kappa shape index (κ2) is 8.26. The van der Waals surface area contributed by atoms with Crippen molar-refractivity contribution in [3.63, 3.8) is 0 Å². The third kappa shape index (κ3) is 5.07. The molecule has 0 heterocycles. The lowest BCUT2D eigenvalue weighted by Crippen LogP contribution is -2.50. The van der Waals surface area contributed by atoms with Crippen LogP contribution in [-0.4, -0.2) is 17.3 Å². The Hall–Kier alpha value is -0.0800. The molecule has 0 aromatic rings. The normalized spacial score (nSPS) is 31.1. The SMILES string of the molecule is CCC[C@@H](C)CC[C@H](CC)[C@]1(N)CC[C@@H](CO)CC1. The molecule has 0 radical (unpaired) electrons. The van der Waals surface area contributed by atoms with E-state index in [0.29, 0.717) is 18.4 Å². The van der Waals surface area contributed by atoms with Gasteiger partial charge in [0.1, 0.15) is 0 Å². The molecule has 0 saturated heterocycles. The molecule has 2 heteroatoms. The lowest BCUT2D eigenvalue weighted by Gasteiger charge is -2.43. The molecule has 1 aliphatic rings. The fourth-order valence-electron chi connectivity index (χ4n) is 3.83. The number of hydrogen-bond acceptors (Lipinski definition) is 2. The van der Waals surface area contributed by atoms with Crippen molar-refractivity contribution in [1.82, 2.24) is 0 Å². The van der Waals surface area contributed by atoms with Crippen LogP contribution in [0, 0.1) is 17.8 Å². The van der Waals surface area contributed by atoms with Crippen molar-refractivity contribution in [2.75, 3.05) is 6.61 Å². The van der Waals surface area contributed by atoms with E-state index in [1.54, 1.807) is 0 Å². The molecule has 19 heavy (non-hydrogen) atoms.